The van der Waals surface area contributed by atoms with E-state index >= 15 is 0 Å². The quantitative estimate of drug-likeness (QED) is 0.802. The van der Waals surface area contributed by atoms with E-state index in [-0.39, 0.29) is 0 Å². The zero-order valence-electron chi connectivity index (χ0n) is 8.69. The van der Waals surface area contributed by atoms with Crippen molar-refractivity contribution in [2.24, 2.45) is 0 Å². The van der Waals surface area contributed by atoms with Crippen LogP contribution in [0.5, 0.6) is 0 Å². The Morgan fingerprint density at radius 2 is 2.19 bits per heavy atom. The number of aromatic amines is 1. The van der Waals surface area contributed by atoms with Crippen molar-refractivity contribution in [1.82, 2.24) is 4.98 Å². The fourth-order valence-electron chi connectivity index (χ4n) is 1.71. The van der Waals surface area contributed by atoms with Crippen LogP contribution < -0.4 is 0 Å². The van der Waals surface area contributed by atoms with Crippen LogP contribution in [-0.2, 0) is 10.2 Å². The Hall–Kier alpha value is -2.28. The number of nitrogens with zero attached hydrogens (tertiary/aromatic N) is 1. The first kappa shape index (κ1) is 10.2. The molecular weight excluding hydrogens is 204 g/mol. The number of H-pyrrole nitrogens is 1. The molecule has 80 valence electrons. The summed E-state index contributed by atoms with van der Waals surface area (Å²) in [6.45, 7) is 1.41. The van der Waals surface area contributed by atoms with Gasteiger partial charge in [-0.2, -0.15) is 5.26 Å². The number of hydrogen-bond acceptors (Lipinski definition) is 2. The summed E-state index contributed by atoms with van der Waals surface area (Å²) in [4.78, 5) is 14.1. The first-order valence-electron chi connectivity index (χ1n) is 4.81. The predicted molar refractivity (Wildman–Crippen MR) is 58.9 cm³/mol. The Labute approximate surface area is 92.1 Å². The van der Waals surface area contributed by atoms with Crippen molar-refractivity contribution in [3.63, 3.8) is 0 Å². The molecule has 2 aromatic rings. The molecule has 0 aliphatic heterocycles. The fourth-order valence-corrected chi connectivity index (χ4v) is 1.71. The molecule has 1 atom stereocenters. The SMILES string of the molecule is C[C@](C#N)(C(=O)O)c1c[nH]c2ccccc12. The molecule has 0 saturated heterocycles. The molecule has 2 N–H and O–H groups in total. The Morgan fingerprint density at radius 1 is 1.50 bits per heavy atom. The molecule has 0 aliphatic carbocycles. The zero-order valence-corrected chi connectivity index (χ0v) is 8.69. The minimum Gasteiger partial charge on any atom is -0.480 e. The number of para-hydroxylation sites is 1. The second-order valence-electron chi connectivity index (χ2n) is 3.79. The second-order valence-corrected chi connectivity index (χ2v) is 3.79. The maximum Gasteiger partial charge on any atom is 0.328 e. The van der Waals surface area contributed by atoms with Gasteiger partial charge in [0.05, 0.1) is 6.07 Å². The van der Waals surface area contributed by atoms with Gasteiger partial charge in [-0.1, -0.05) is 18.2 Å². The summed E-state index contributed by atoms with van der Waals surface area (Å²) in [5.74, 6) is -1.14. The summed E-state index contributed by atoms with van der Waals surface area (Å²) in [7, 11) is 0. The normalized spacial score (nSPS) is 14.2. The van der Waals surface area contributed by atoms with Crippen LogP contribution in [-0.4, -0.2) is 16.1 Å². The van der Waals surface area contributed by atoms with Gasteiger partial charge in [-0.05, 0) is 13.0 Å². The van der Waals surface area contributed by atoms with Crippen molar-refractivity contribution in [2.45, 2.75) is 12.3 Å². The maximum absolute atomic E-state index is 11.2. The van der Waals surface area contributed by atoms with Crippen LogP contribution in [0.4, 0.5) is 0 Å². The monoisotopic (exact) mass is 214 g/mol. The highest BCUT2D eigenvalue weighted by Gasteiger charge is 2.37. The molecule has 4 heteroatoms. The minimum atomic E-state index is -1.51. The molecule has 0 saturated carbocycles. The maximum atomic E-state index is 11.2. The average molecular weight is 214 g/mol. The number of fused-ring (bicyclic) bond motifs is 1. The van der Waals surface area contributed by atoms with Crippen LogP contribution in [0.3, 0.4) is 0 Å². The number of aliphatic carboxylic acids is 1. The van der Waals surface area contributed by atoms with Gasteiger partial charge in [0.15, 0.2) is 5.41 Å². The first-order chi connectivity index (χ1) is 7.59. The van der Waals surface area contributed by atoms with E-state index in [9.17, 15) is 4.79 Å². The summed E-state index contributed by atoms with van der Waals surface area (Å²) in [6, 6.07) is 9.18. The number of benzene rings is 1. The van der Waals surface area contributed by atoms with E-state index in [4.69, 9.17) is 10.4 Å². The van der Waals surface area contributed by atoms with E-state index in [0.29, 0.717) is 5.56 Å². The summed E-state index contributed by atoms with van der Waals surface area (Å²) in [6.07, 6.45) is 1.59. The van der Waals surface area contributed by atoms with E-state index in [2.05, 4.69) is 4.98 Å². The summed E-state index contributed by atoms with van der Waals surface area (Å²) >= 11 is 0. The van der Waals surface area contributed by atoms with Crippen LogP contribution >= 0.6 is 0 Å². The van der Waals surface area contributed by atoms with Gasteiger partial charge < -0.3 is 10.1 Å². The van der Waals surface area contributed by atoms with E-state index in [1.807, 2.05) is 24.3 Å². The van der Waals surface area contributed by atoms with Crippen LogP contribution in [0.15, 0.2) is 30.5 Å². The van der Waals surface area contributed by atoms with Crippen LogP contribution in [0.2, 0.25) is 0 Å². The minimum absolute atomic E-state index is 0.498. The molecular formula is C12H10N2O2. The van der Waals surface area contributed by atoms with Crippen molar-refractivity contribution in [3.8, 4) is 6.07 Å². The van der Waals surface area contributed by atoms with Gasteiger partial charge in [0.2, 0.25) is 0 Å². The molecule has 1 heterocycles. The molecule has 0 amide bonds. The number of carbonyl (C=O) groups is 1. The third kappa shape index (κ3) is 1.26. The lowest BCUT2D eigenvalue weighted by Crippen LogP contribution is -2.30. The lowest BCUT2D eigenvalue weighted by Gasteiger charge is -2.14. The number of aromatic nitrogens is 1. The third-order valence-electron chi connectivity index (χ3n) is 2.78. The fraction of sp³-hybridized carbons (Fsp3) is 0.167. The highest BCUT2D eigenvalue weighted by Crippen LogP contribution is 2.30. The van der Waals surface area contributed by atoms with Gasteiger partial charge in [0.1, 0.15) is 0 Å². The molecule has 1 aromatic carbocycles. The zero-order chi connectivity index (χ0) is 11.8. The summed E-state index contributed by atoms with van der Waals surface area (Å²) < 4.78 is 0. The van der Waals surface area contributed by atoms with Gasteiger partial charge in [0, 0.05) is 22.7 Å². The average Bonchev–Trinajstić information content (AvgIpc) is 2.72. The predicted octanol–water partition coefficient (Wildman–Crippen LogP) is 2.03. The standard InChI is InChI=1S/C12H10N2O2/c1-12(7-13,11(15)16)9-6-14-10-5-3-2-4-8(9)10/h2-6,14H,1H3,(H,15,16)/t12-/m1/s1. The molecule has 0 aliphatic rings. The van der Waals surface area contributed by atoms with Gasteiger partial charge in [-0.15, -0.1) is 0 Å². The number of carboxylic acid groups (broad SMARTS) is 1. The first-order valence-corrected chi connectivity index (χ1v) is 4.81. The largest absolute Gasteiger partial charge is 0.480 e. The number of hydrogen-bond donors (Lipinski definition) is 2. The van der Waals surface area contributed by atoms with Gasteiger partial charge in [-0.3, -0.25) is 4.79 Å². The molecule has 1 aromatic heterocycles. The summed E-state index contributed by atoms with van der Waals surface area (Å²) in [5, 5.41) is 18.9. The Kier molecular flexibility index (Phi) is 2.17. The molecule has 2 rings (SSSR count). The van der Waals surface area contributed by atoms with E-state index in [0.717, 1.165) is 10.9 Å². The summed E-state index contributed by atoms with van der Waals surface area (Å²) in [5.41, 5.74) is -0.182. The highest BCUT2D eigenvalue weighted by atomic mass is 16.4. The van der Waals surface area contributed by atoms with Crippen LogP contribution in [0.25, 0.3) is 10.9 Å². The van der Waals surface area contributed by atoms with E-state index in [1.54, 1.807) is 12.3 Å². The number of carboxylic acids is 1. The van der Waals surface area contributed by atoms with Crippen molar-refractivity contribution >= 4 is 16.9 Å². The van der Waals surface area contributed by atoms with Gasteiger partial charge in [0.25, 0.3) is 0 Å². The lowest BCUT2D eigenvalue weighted by atomic mass is 9.84. The number of rotatable bonds is 2. The molecule has 4 nitrogen and oxygen atoms in total. The van der Waals surface area contributed by atoms with Crippen molar-refractivity contribution in [3.05, 3.63) is 36.0 Å². The molecule has 0 radical (unpaired) electrons. The van der Waals surface area contributed by atoms with Crippen molar-refractivity contribution in [2.75, 3.05) is 0 Å². The Balaban J connectivity index is 2.73. The number of nitriles is 1. The molecule has 0 spiro atoms. The molecule has 0 bridgehead atoms. The van der Waals surface area contributed by atoms with Gasteiger partial charge in [-0.25, -0.2) is 0 Å². The van der Waals surface area contributed by atoms with Crippen molar-refractivity contribution < 1.29 is 9.90 Å². The van der Waals surface area contributed by atoms with Crippen molar-refractivity contribution in [1.29, 1.82) is 5.26 Å². The second kappa shape index (κ2) is 3.38. The van der Waals surface area contributed by atoms with Gasteiger partial charge >= 0.3 is 5.97 Å². The van der Waals surface area contributed by atoms with Crippen LogP contribution in [0.1, 0.15) is 12.5 Å². The third-order valence-corrected chi connectivity index (χ3v) is 2.78. The molecule has 0 unspecified atom stereocenters. The van der Waals surface area contributed by atoms with E-state index < -0.39 is 11.4 Å². The molecule has 16 heavy (non-hydrogen) atoms. The topological polar surface area (TPSA) is 76.9 Å². The van der Waals surface area contributed by atoms with Crippen LogP contribution in [0, 0.1) is 11.3 Å². The lowest BCUT2D eigenvalue weighted by molar-refractivity contribution is -0.140. The molecule has 0 fully saturated rings. The number of nitrogens with one attached hydrogen (secondary N) is 1. The highest BCUT2D eigenvalue weighted by molar-refractivity contribution is 5.93. The Bertz CT molecular complexity index is 594. The Morgan fingerprint density at radius 3 is 2.81 bits per heavy atom. The van der Waals surface area contributed by atoms with E-state index in [1.165, 1.54) is 6.92 Å². The smallest absolute Gasteiger partial charge is 0.328 e.